The van der Waals surface area contributed by atoms with Crippen molar-refractivity contribution in [2.24, 2.45) is 0 Å². The van der Waals surface area contributed by atoms with Gasteiger partial charge in [0, 0.05) is 6.07 Å². The fraction of sp³-hybridized carbons (Fsp3) is 0.0714. The average molecular weight is 313 g/mol. The fourth-order valence-electron chi connectivity index (χ4n) is 1.88. The van der Waals surface area contributed by atoms with Crippen LogP contribution in [0.5, 0.6) is 11.5 Å². The van der Waals surface area contributed by atoms with Crippen LogP contribution >= 0.6 is 11.6 Å². The Morgan fingerprint density at radius 1 is 1.14 bits per heavy atom. The van der Waals surface area contributed by atoms with Gasteiger partial charge in [-0.1, -0.05) is 17.7 Å². The summed E-state index contributed by atoms with van der Waals surface area (Å²) in [5.74, 6) is 0.303. The van der Waals surface area contributed by atoms with Crippen LogP contribution in [0.15, 0.2) is 42.7 Å². The lowest BCUT2D eigenvalue weighted by molar-refractivity contribution is -0.137. The van der Waals surface area contributed by atoms with E-state index in [2.05, 4.69) is 9.97 Å². The van der Waals surface area contributed by atoms with Gasteiger partial charge in [-0.2, -0.15) is 13.2 Å². The van der Waals surface area contributed by atoms with Crippen molar-refractivity contribution in [1.82, 2.24) is 9.97 Å². The van der Waals surface area contributed by atoms with E-state index in [1.165, 1.54) is 18.5 Å². The number of halogens is 4. The van der Waals surface area contributed by atoms with Crippen molar-refractivity contribution in [3.8, 4) is 11.5 Å². The van der Waals surface area contributed by atoms with Crippen LogP contribution in [0.3, 0.4) is 0 Å². The molecule has 0 aliphatic rings. The minimum Gasteiger partial charge on any atom is -0.456 e. The van der Waals surface area contributed by atoms with Gasteiger partial charge >= 0.3 is 6.18 Å². The van der Waals surface area contributed by atoms with Gasteiger partial charge in [0.25, 0.3) is 0 Å². The van der Waals surface area contributed by atoms with E-state index >= 15 is 0 Å². The number of aromatic nitrogens is 2. The molecule has 0 atom stereocenters. The summed E-state index contributed by atoms with van der Waals surface area (Å²) in [5, 5.41) is 0.282. The fourth-order valence-corrected chi connectivity index (χ4v) is 2.08. The molecule has 0 spiro atoms. The molecule has 0 amide bonds. The monoisotopic (exact) mass is 312 g/mol. The molecule has 3 aromatic rings. The maximum Gasteiger partial charge on any atom is 0.416 e. The number of ether oxygens (including phenoxy) is 1. The van der Waals surface area contributed by atoms with Gasteiger partial charge in [0.1, 0.15) is 11.5 Å². The smallest absolute Gasteiger partial charge is 0.416 e. The van der Waals surface area contributed by atoms with Crippen LogP contribution in [0, 0.1) is 0 Å². The number of aromatic amines is 1. The van der Waals surface area contributed by atoms with Gasteiger partial charge in [0.05, 0.1) is 27.9 Å². The summed E-state index contributed by atoms with van der Waals surface area (Å²) in [5.41, 5.74) is 0.551. The van der Waals surface area contributed by atoms with Gasteiger partial charge < -0.3 is 9.72 Å². The Kier molecular flexibility index (Phi) is 3.25. The van der Waals surface area contributed by atoms with Crippen LogP contribution < -0.4 is 4.74 Å². The summed E-state index contributed by atoms with van der Waals surface area (Å²) in [6.07, 6.45) is -2.93. The molecule has 7 heteroatoms. The highest BCUT2D eigenvalue weighted by Gasteiger charge is 2.30. The number of fused-ring (bicyclic) bond motifs is 1. The molecule has 0 unspecified atom stereocenters. The first-order valence-corrected chi connectivity index (χ1v) is 6.29. The zero-order chi connectivity index (χ0) is 15.0. The zero-order valence-electron chi connectivity index (χ0n) is 10.4. The van der Waals surface area contributed by atoms with Crippen LogP contribution in [0.1, 0.15) is 5.56 Å². The zero-order valence-corrected chi connectivity index (χ0v) is 11.2. The summed E-state index contributed by atoms with van der Waals surface area (Å²) < 4.78 is 43.4. The van der Waals surface area contributed by atoms with E-state index in [1.807, 2.05) is 0 Å². The molecule has 0 aliphatic heterocycles. The Morgan fingerprint density at radius 2 is 1.95 bits per heavy atom. The third kappa shape index (κ3) is 2.80. The predicted molar refractivity (Wildman–Crippen MR) is 72.6 cm³/mol. The van der Waals surface area contributed by atoms with Crippen molar-refractivity contribution in [3.05, 3.63) is 53.3 Å². The van der Waals surface area contributed by atoms with Crippen molar-refractivity contribution in [3.63, 3.8) is 0 Å². The standard InChI is InChI=1S/C14H8ClF3N2O/c15-10-5-11-12(20-7-19-11)6-13(10)21-9-3-1-2-8(4-9)14(16,17)18/h1-7H,(H,19,20). The third-order valence-electron chi connectivity index (χ3n) is 2.86. The highest BCUT2D eigenvalue weighted by molar-refractivity contribution is 6.32. The molecule has 108 valence electrons. The molecule has 2 aromatic carbocycles. The number of hydrogen-bond acceptors (Lipinski definition) is 2. The molecular weight excluding hydrogens is 305 g/mol. The minimum atomic E-state index is -4.42. The number of hydrogen-bond donors (Lipinski definition) is 1. The Morgan fingerprint density at radius 3 is 2.71 bits per heavy atom. The van der Waals surface area contributed by atoms with Gasteiger partial charge in [-0.25, -0.2) is 4.98 Å². The lowest BCUT2D eigenvalue weighted by atomic mass is 10.2. The van der Waals surface area contributed by atoms with E-state index in [-0.39, 0.29) is 16.5 Å². The van der Waals surface area contributed by atoms with E-state index in [9.17, 15) is 13.2 Å². The topological polar surface area (TPSA) is 37.9 Å². The van der Waals surface area contributed by atoms with Crippen molar-refractivity contribution in [2.75, 3.05) is 0 Å². The van der Waals surface area contributed by atoms with Crippen molar-refractivity contribution >= 4 is 22.6 Å². The van der Waals surface area contributed by atoms with E-state index in [0.717, 1.165) is 17.6 Å². The minimum absolute atomic E-state index is 0.0570. The van der Waals surface area contributed by atoms with E-state index in [4.69, 9.17) is 16.3 Å². The molecule has 0 bridgehead atoms. The molecule has 3 nitrogen and oxygen atoms in total. The summed E-state index contributed by atoms with van der Waals surface area (Å²) in [6, 6.07) is 7.77. The first kappa shape index (κ1) is 13.8. The molecule has 1 aromatic heterocycles. The van der Waals surface area contributed by atoms with Gasteiger partial charge in [-0.05, 0) is 24.3 Å². The molecule has 0 saturated heterocycles. The number of H-pyrrole nitrogens is 1. The molecular formula is C14H8ClF3N2O. The van der Waals surface area contributed by atoms with Gasteiger partial charge in [-0.15, -0.1) is 0 Å². The van der Waals surface area contributed by atoms with Crippen LogP contribution in [0.4, 0.5) is 13.2 Å². The first-order chi connectivity index (χ1) is 9.93. The predicted octanol–water partition coefficient (Wildman–Crippen LogP) is 5.03. The number of benzene rings is 2. The number of alkyl halides is 3. The Balaban J connectivity index is 1.96. The number of nitrogens with zero attached hydrogens (tertiary/aromatic N) is 1. The van der Waals surface area contributed by atoms with Crippen molar-refractivity contribution in [2.45, 2.75) is 6.18 Å². The number of rotatable bonds is 2. The molecule has 3 rings (SSSR count). The maximum absolute atomic E-state index is 12.7. The van der Waals surface area contributed by atoms with Crippen molar-refractivity contribution < 1.29 is 17.9 Å². The largest absolute Gasteiger partial charge is 0.456 e. The second kappa shape index (κ2) is 4.96. The van der Waals surface area contributed by atoms with Crippen LogP contribution in [0.25, 0.3) is 11.0 Å². The summed E-state index contributed by atoms with van der Waals surface area (Å²) in [7, 11) is 0. The normalized spacial score (nSPS) is 11.8. The van der Waals surface area contributed by atoms with E-state index in [1.54, 1.807) is 12.1 Å². The van der Waals surface area contributed by atoms with Crippen LogP contribution in [-0.2, 0) is 6.18 Å². The van der Waals surface area contributed by atoms with E-state index < -0.39 is 11.7 Å². The Bertz CT molecular complexity index is 798. The van der Waals surface area contributed by atoms with Gasteiger partial charge in [0.2, 0.25) is 0 Å². The average Bonchev–Trinajstić information content (AvgIpc) is 2.85. The SMILES string of the molecule is FC(F)(F)c1cccc(Oc2cc3nc[nH]c3cc2Cl)c1. The molecule has 0 radical (unpaired) electrons. The number of nitrogens with one attached hydrogen (secondary N) is 1. The summed E-state index contributed by atoms with van der Waals surface area (Å²) in [4.78, 5) is 6.93. The van der Waals surface area contributed by atoms with E-state index in [0.29, 0.717) is 5.52 Å². The maximum atomic E-state index is 12.7. The highest BCUT2D eigenvalue weighted by atomic mass is 35.5. The molecule has 1 N–H and O–H groups in total. The highest BCUT2D eigenvalue weighted by Crippen LogP contribution is 2.35. The molecule has 21 heavy (non-hydrogen) atoms. The third-order valence-corrected chi connectivity index (χ3v) is 3.16. The quantitative estimate of drug-likeness (QED) is 0.721. The van der Waals surface area contributed by atoms with Crippen molar-refractivity contribution in [1.29, 1.82) is 0 Å². The number of imidazole rings is 1. The summed E-state index contributed by atoms with van der Waals surface area (Å²) in [6.45, 7) is 0. The van der Waals surface area contributed by atoms with Gasteiger partial charge in [0.15, 0.2) is 0 Å². The summed E-state index contributed by atoms with van der Waals surface area (Å²) >= 11 is 6.04. The lowest BCUT2D eigenvalue weighted by Gasteiger charge is -2.11. The van der Waals surface area contributed by atoms with Crippen LogP contribution in [-0.4, -0.2) is 9.97 Å². The molecule has 1 heterocycles. The first-order valence-electron chi connectivity index (χ1n) is 5.91. The molecule has 0 saturated carbocycles. The second-order valence-electron chi connectivity index (χ2n) is 4.33. The Labute approximate surface area is 122 Å². The van der Waals surface area contributed by atoms with Gasteiger partial charge in [-0.3, -0.25) is 0 Å². The Hall–Kier alpha value is -2.21. The second-order valence-corrected chi connectivity index (χ2v) is 4.74. The molecule has 0 aliphatic carbocycles. The lowest BCUT2D eigenvalue weighted by Crippen LogP contribution is -2.04. The molecule has 0 fully saturated rings. The van der Waals surface area contributed by atoms with Crippen LogP contribution in [0.2, 0.25) is 5.02 Å².